The van der Waals surface area contributed by atoms with E-state index in [1.165, 1.54) is 76.9 Å². The molecule has 0 aliphatic carbocycles. The molecule has 1 aliphatic rings. The highest BCUT2D eigenvalue weighted by Gasteiger charge is 2.20. The van der Waals surface area contributed by atoms with E-state index in [0.717, 1.165) is 13.0 Å². The minimum absolute atomic E-state index is 0.948. The van der Waals surface area contributed by atoms with E-state index in [1.807, 2.05) is 6.07 Å². The Morgan fingerprint density at radius 3 is 1.71 bits per heavy atom. The largest absolute Gasteiger partial charge is 0.341 e. The van der Waals surface area contributed by atoms with Crippen LogP contribution in [0.4, 0.5) is 5.69 Å². The molecule has 2 nitrogen and oxygen atoms in total. The molecule has 7 aromatic carbocycles. The highest BCUT2D eigenvalue weighted by molar-refractivity contribution is 8.08. The molecule has 2 heterocycles. The molecular weight excluding hydrogens is 637 g/mol. The fourth-order valence-corrected chi connectivity index (χ4v) is 8.12. The summed E-state index contributed by atoms with van der Waals surface area (Å²) < 4.78 is 4.72. The Morgan fingerprint density at radius 1 is 0.510 bits per heavy atom. The molecule has 0 bridgehead atoms. The highest BCUT2D eigenvalue weighted by atomic mass is 32.2. The lowest BCUT2D eigenvalue weighted by atomic mass is 9.86. The Labute approximate surface area is 304 Å². The van der Waals surface area contributed by atoms with Gasteiger partial charge < -0.3 is 4.57 Å². The molecule has 8 aromatic rings. The molecular formula is C48H40N2S. The van der Waals surface area contributed by atoms with Gasteiger partial charge in [0, 0.05) is 45.2 Å². The minimum atomic E-state index is 0.948. The quantitative estimate of drug-likeness (QED) is 0.162. The zero-order chi connectivity index (χ0) is 34.6. The maximum Gasteiger partial charge on any atom is 0.0529 e. The third-order valence-electron chi connectivity index (χ3n) is 9.73. The summed E-state index contributed by atoms with van der Waals surface area (Å²) in [5, 5.41) is 7.40. The van der Waals surface area contributed by atoms with E-state index in [0.29, 0.717) is 0 Å². The average molecular weight is 677 g/mol. The second-order valence-corrected chi connectivity index (χ2v) is 13.6. The first-order valence-corrected chi connectivity index (χ1v) is 18.6. The smallest absolute Gasteiger partial charge is 0.0529 e. The third kappa shape index (κ3) is 6.38. The number of fused-ring (bicyclic) bond motifs is 4. The first kappa shape index (κ1) is 32.4. The predicted octanol–water partition coefficient (Wildman–Crippen LogP) is 11.7. The van der Waals surface area contributed by atoms with Crippen LogP contribution in [0.1, 0.15) is 19.4 Å². The first-order valence-electron chi connectivity index (χ1n) is 17.8. The van der Waals surface area contributed by atoms with E-state index in [-0.39, 0.29) is 0 Å². The molecule has 51 heavy (non-hydrogen) atoms. The molecule has 0 saturated carbocycles. The molecule has 0 saturated heterocycles. The maximum absolute atomic E-state index is 2.41. The van der Waals surface area contributed by atoms with Crippen molar-refractivity contribution in [1.29, 1.82) is 0 Å². The molecule has 0 N–H and O–H groups in total. The number of hydrogen-bond donors (Lipinski definition) is 0. The van der Waals surface area contributed by atoms with Crippen molar-refractivity contribution in [3.63, 3.8) is 0 Å². The summed E-state index contributed by atoms with van der Waals surface area (Å²) in [6.45, 7) is 5.33. The van der Waals surface area contributed by atoms with Gasteiger partial charge in [0.05, 0.1) is 5.69 Å². The van der Waals surface area contributed by atoms with Gasteiger partial charge in [0.15, 0.2) is 0 Å². The Morgan fingerprint density at radius 2 is 1.08 bits per heavy atom. The lowest BCUT2D eigenvalue weighted by molar-refractivity contribution is 0.827. The molecule has 0 atom stereocenters. The van der Waals surface area contributed by atoms with Gasteiger partial charge in [0.2, 0.25) is 0 Å². The number of anilines is 1. The van der Waals surface area contributed by atoms with Gasteiger partial charge in [-0.15, -0.1) is 0 Å². The van der Waals surface area contributed by atoms with Gasteiger partial charge in [-0.05, 0) is 99.8 Å². The summed E-state index contributed by atoms with van der Waals surface area (Å²) >= 11 is 1.75. The lowest BCUT2D eigenvalue weighted by Crippen LogP contribution is -2.33. The van der Waals surface area contributed by atoms with Crippen molar-refractivity contribution in [3.8, 4) is 33.4 Å². The summed E-state index contributed by atoms with van der Waals surface area (Å²) in [5.41, 5.74) is 12.6. The zero-order valence-electron chi connectivity index (χ0n) is 29.0. The van der Waals surface area contributed by atoms with Crippen molar-refractivity contribution < 1.29 is 0 Å². The number of aryl methyl sites for hydroxylation is 2. The maximum atomic E-state index is 2.41. The third-order valence-corrected chi connectivity index (χ3v) is 10.6. The van der Waals surface area contributed by atoms with Crippen LogP contribution in [0.3, 0.4) is 0 Å². The molecule has 3 heteroatoms. The summed E-state index contributed by atoms with van der Waals surface area (Å²) in [7, 11) is 0. The molecule has 1 aromatic heterocycles. The fourth-order valence-electron chi connectivity index (χ4n) is 7.24. The Hall–Kier alpha value is -5.77. The van der Waals surface area contributed by atoms with Crippen LogP contribution in [0.25, 0.3) is 66.8 Å². The van der Waals surface area contributed by atoms with Gasteiger partial charge in [-0.3, -0.25) is 4.31 Å². The Kier molecular flexibility index (Phi) is 9.29. The second-order valence-electron chi connectivity index (χ2n) is 12.8. The lowest BCUT2D eigenvalue weighted by Gasteiger charge is -2.24. The van der Waals surface area contributed by atoms with E-state index < -0.39 is 0 Å². The highest BCUT2D eigenvalue weighted by Crippen LogP contribution is 2.39. The normalized spacial score (nSPS) is 12.1. The van der Waals surface area contributed by atoms with Crippen molar-refractivity contribution in [3.05, 3.63) is 186 Å². The van der Waals surface area contributed by atoms with Crippen molar-refractivity contribution >= 4 is 51.0 Å². The van der Waals surface area contributed by atoms with Crippen LogP contribution >= 0.6 is 11.9 Å². The van der Waals surface area contributed by atoms with E-state index in [2.05, 4.69) is 198 Å². The molecule has 0 radical (unpaired) electrons. The monoisotopic (exact) mass is 676 g/mol. The van der Waals surface area contributed by atoms with E-state index in [1.54, 1.807) is 11.9 Å². The van der Waals surface area contributed by atoms with Gasteiger partial charge in [-0.1, -0.05) is 146 Å². The van der Waals surface area contributed by atoms with Crippen LogP contribution in [-0.4, -0.2) is 4.57 Å². The standard InChI is InChI=1S/C40H30N2S.C8H10/c1-2-41-37-21-13-12-20-33(37)35-25-32(22-23-38(35)41)42-26-31-24-34(28-14-6-3-7-15-28)39(29-16-8-4-9-17-29)40(36(31)27-43-42)30-18-10-5-11-19-30;1-2-8-6-4-3-5-7-8/h3-27H,2H2,1H3;3-7H,2H2,1H3. The predicted molar refractivity (Wildman–Crippen MR) is 222 cm³/mol. The van der Waals surface area contributed by atoms with Gasteiger partial charge in [-0.25, -0.2) is 0 Å². The van der Waals surface area contributed by atoms with Crippen LogP contribution in [0.2, 0.25) is 0 Å². The van der Waals surface area contributed by atoms with E-state index in [9.17, 15) is 0 Å². The van der Waals surface area contributed by atoms with Crippen molar-refractivity contribution in [1.82, 2.24) is 4.57 Å². The number of benzene rings is 7. The topological polar surface area (TPSA) is 8.17 Å². The molecule has 248 valence electrons. The molecule has 0 spiro atoms. The molecule has 0 unspecified atom stereocenters. The number of aromatic nitrogens is 1. The molecule has 1 aliphatic heterocycles. The summed E-state index contributed by atoms with van der Waals surface area (Å²) in [6, 6.07) is 60.9. The summed E-state index contributed by atoms with van der Waals surface area (Å²) in [4.78, 5) is 0. The number of para-hydroxylation sites is 1. The van der Waals surface area contributed by atoms with Crippen molar-refractivity contribution in [2.45, 2.75) is 26.8 Å². The van der Waals surface area contributed by atoms with Crippen LogP contribution in [0, 0.1) is 0 Å². The van der Waals surface area contributed by atoms with Gasteiger partial charge in [0.1, 0.15) is 0 Å². The van der Waals surface area contributed by atoms with E-state index >= 15 is 0 Å². The van der Waals surface area contributed by atoms with Crippen LogP contribution < -0.4 is 14.7 Å². The molecule has 0 amide bonds. The number of rotatable bonds is 6. The molecule has 9 rings (SSSR count). The summed E-state index contributed by atoms with van der Waals surface area (Å²) in [5.74, 6) is 0. The minimum Gasteiger partial charge on any atom is -0.341 e. The van der Waals surface area contributed by atoms with Gasteiger partial charge in [0.25, 0.3) is 0 Å². The zero-order valence-corrected chi connectivity index (χ0v) is 29.9. The first-order chi connectivity index (χ1) is 25.2. The van der Waals surface area contributed by atoms with Gasteiger partial charge >= 0.3 is 0 Å². The van der Waals surface area contributed by atoms with Crippen LogP contribution in [0.5, 0.6) is 0 Å². The second kappa shape index (κ2) is 14.6. The van der Waals surface area contributed by atoms with Crippen molar-refractivity contribution in [2.24, 2.45) is 0 Å². The number of hydrogen-bond acceptors (Lipinski definition) is 2. The van der Waals surface area contributed by atoms with Crippen LogP contribution in [-0.2, 0) is 13.0 Å². The Bertz CT molecular complexity index is 2560. The van der Waals surface area contributed by atoms with E-state index in [4.69, 9.17) is 0 Å². The molecule has 0 fully saturated rings. The Balaban J connectivity index is 0.000000415. The summed E-state index contributed by atoms with van der Waals surface area (Å²) in [6.07, 6.45) is 3.45. The van der Waals surface area contributed by atoms with Gasteiger partial charge in [-0.2, -0.15) is 0 Å². The SMILES string of the molecule is CCc1ccccc1.CCn1c2ccccc2c2cc(N3C=c4cc(-c5ccccc5)c(-c5ccccc5)c(-c5ccccc5)c4=CS3)ccc21. The average Bonchev–Trinajstić information content (AvgIpc) is 3.54. The van der Waals surface area contributed by atoms with Crippen molar-refractivity contribution in [2.75, 3.05) is 4.31 Å². The number of nitrogens with zero attached hydrogens (tertiary/aromatic N) is 2. The van der Waals surface area contributed by atoms with Crippen LogP contribution in [0.15, 0.2) is 170 Å². The fraction of sp³-hybridized carbons (Fsp3) is 0.0833.